The molecule has 0 fully saturated rings. The van der Waals surface area contributed by atoms with Crippen molar-refractivity contribution in [3.63, 3.8) is 0 Å². The molecule has 110 valence electrons. The number of thiazole rings is 1. The third kappa shape index (κ3) is 2.98. The molecule has 2 aromatic rings. The van der Waals surface area contributed by atoms with Crippen LogP contribution < -0.4 is 14.8 Å². The van der Waals surface area contributed by atoms with Crippen molar-refractivity contribution < 1.29 is 19.4 Å². The zero-order chi connectivity index (χ0) is 14.8. The standard InChI is InChI=1S/C14H14N2O4S/c1-8(17)9-7-21-14(15-9)16-13(18)12-6-19-10-4-2-3-5-11(10)20-12/h2-5,7-8,12,17H,6H2,1H3,(H,15,16,18). The first kappa shape index (κ1) is 13.8. The lowest BCUT2D eigenvalue weighted by Crippen LogP contribution is -2.40. The third-order valence-electron chi connectivity index (χ3n) is 2.98. The number of aliphatic hydroxyl groups is 1. The van der Waals surface area contributed by atoms with Gasteiger partial charge in [0.25, 0.3) is 5.91 Å². The lowest BCUT2D eigenvalue weighted by molar-refractivity contribution is -0.125. The summed E-state index contributed by atoms with van der Waals surface area (Å²) in [4.78, 5) is 16.3. The second-order valence-electron chi connectivity index (χ2n) is 4.61. The Balaban J connectivity index is 1.66. The van der Waals surface area contributed by atoms with Crippen molar-refractivity contribution in [1.29, 1.82) is 0 Å². The van der Waals surface area contributed by atoms with Crippen molar-refractivity contribution in [2.24, 2.45) is 0 Å². The van der Waals surface area contributed by atoms with Gasteiger partial charge in [-0.25, -0.2) is 4.98 Å². The Morgan fingerprint density at radius 1 is 1.48 bits per heavy atom. The van der Waals surface area contributed by atoms with Crippen LogP contribution in [0.25, 0.3) is 0 Å². The quantitative estimate of drug-likeness (QED) is 0.906. The van der Waals surface area contributed by atoms with Crippen LogP contribution in [0.15, 0.2) is 29.6 Å². The van der Waals surface area contributed by atoms with Gasteiger partial charge in [0, 0.05) is 5.38 Å². The first-order chi connectivity index (χ1) is 10.1. The van der Waals surface area contributed by atoms with E-state index < -0.39 is 12.2 Å². The van der Waals surface area contributed by atoms with Gasteiger partial charge >= 0.3 is 0 Å². The van der Waals surface area contributed by atoms with Crippen LogP contribution in [0.1, 0.15) is 18.7 Å². The van der Waals surface area contributed by atoms with Crippen LogP contribution in [0, 0.1) is 0 Å². The maximum absolute atomic E-state index is 12.1. The molecule has 21 heavy (non-hydrogen) atoms. The number of carbonyl (C=O) groups is 1. The zero-order valence-electron chi connectivity index (χ0n) is 11.3. The van der Waals surface area contributed by atoms with Gasteiger partial charge in [-0.1, -0.05) is 12.1 Å². The molecular weight excluding hydrogens is 292 g/mol. The maximum Gasteiger partial charge on any atom is 0.270 e. The molecular formula is C14H14N2O4S. The number of fused-ring (bicyclic) bond motifs is 1. The summed E-state index contributed by atoms with van der Waals surface area (Å²) < 4.78 is 11.1. The second kappa shape index (κ2) is 5.71. The number of hydrogen-bond donors (Lipinski definition) is 2. The number of rotatable bonds is 3. The van der Waals surface area contributed by atoms with Crippen LogP contribution in [-0.2, 0) is 4.79 Å². The molecule has 0 spiro atoms. The van der Waals surface area contributed by atoms with Gasteiger partial charge in [0.1, 0.15) is 6.61 Å². The lowest BCUT2D eigenvalue weighted by Gasteiger charge is -2.25. The number of hydrogen-bond acceptors (Lipinski definition) is 6. The van der Waals surface area contributed by atoms with Gasteiger partial charge in [0.15, 0.2) is 16.6 Å². The minimum atomic E-state index is -0.723. The first-order valence-corrected chi connectivity index (χ1v) is 7.34. The van der Waals surface area contributed by atoms with Gasteiger partial charge in [-0.3, -0.25) is 10.1 Å². The number of benzene rings is 1. The Hall–Kier alpha value is -2.12. The van der Waals surface area contributed by atoms with Gasteiger partial charge in [-0.15, -0.1) is 11.3 Å². The average molecular weight is 306 g/mol. The van der Waals surface area contributed by atoms with Gasteiger partial charge in [0.05, 0.1) is 11.8 Å². The average Bonchev–Trinajstić information content (AvgIpc) is 2.95. The van der Waals surface area contributed by atoms with E-state index in [-0.39, 0.29) is 12.5 Å². The Labute approximate surface area is 125 Å². The van der Waals surface area contributed by atoms with Gasteiger partial charge < -0.3 is 14.6 Å². The van der Waals surface area contributed by atoms with Crippen molar-refractivity contribution in [3.8, 4) is 11.5 Å². The minimum Gasteiger partial charge on any atom is -0.485 e. The molecule has 1 aromatic heterocycles. The van der Waals surface area contributed by atoms with Crippen LogP contribution in [0.4, 0.5) is 5.13 Å². The van der Waals surface area contributed by atoms with E-state index in [1.165, 1.54) is 11.3 Å². The van der Waals surface area contributed by atoms with E-state index in [1.54, 1.807) is 24.4 Å². The monoisotopic (exact) mass is 306 g/mol. The van der Waals surface area contributed by atoms with Gasteiger partial charge in [-0.05, 0) is 19.1 Å². The molecule has 0 saturated carbocycles. The van der Waals surface area contributed by atoms with Crippen LogP contribution in [0.3, 0.4) is 0 Å². The summed E-state index contributed by atoms with van der Waals surface area (Å²) in [5, 5.41) is 14.2. The lowest BCUT2D eigenvalue weighted by atomic mass is 10.2. The fourth-order valence-electron chi connectivity index (χ4n) is 1.87. The summed E-state index contributed by atoms with van der Waals surface area (Å²) in [6.45, 7) is 1.77. The molecule has 3 rings (SSSR count). The van der Waals surface area contributed by atoms with Crippen molar-refractivity contribution in [1.82, 2.24) is 4.98 Å². The summed E-state index contributed by atoms with van der Waals surface area (Å²) in [5.74, 6) is 0.857. The molecule has 7 heteroatoms. The molecule has 0 saturated heterocycles. The van der Waals surface area contributed by atoms with E-state index in [4.69, 9.17) is 9.47 Å². The Bertz CT molecular complexity index is 656. The SMILES string of the molecule is CC(O)c1csc(NC(=O)C2COc3ccccc3O2)n1. The smallest absolute Gasteiger partial charge is 0.270 e. The molecule has 2 N–H and O–H groups in total. The van der Waals surface area contributed by atoms with E-state index in [1.807, 2.05) is 12.1 Å². The third-order valence-corrected chi connectivity index (χ3v) is 3.76. The summed E-state index contributed by atoms with van der Waals surface area (Å²) in [7, 11) is 0. The number of nitrogens with one attached hydrogen (secondary N) is 1. The summed E-state index contributed by atoms with van der Waals surface area (Å²) in [5.41, 5.74) is 0.529. The number of para-hydroxylation sites is 2. The van der Waals surface area contributed by atoms with Crippen molar-refractivity contribution >= 4 is 22.4 Å². The molecule has 6 nitrogen and oxygen atoms in total. The fourth-order valence-corrected chi connectivity index (χ4v) is 2.67. The molecule has 2 atom stereocenters. The number of aliphatic hydroxyl groups excluding tert-OH is 1. The van der Waals surface area contributed by atoms with Crippen LogP contribution in [0.5, 0.6) is 11.5 Å². The minimum absolute atomic E-state index is 0.150. The molecule has 0 radical (unpaired) electrons. The summed E-state index contributed by atoms with van der Waals surface area (Å²) >= 11 is 1.26. The van der Waals surface area contributed by atoms with Crippen LogP contribution in [-0.4, -0.2) is 28.7 Å². The number of anilines is 1. The molecule has 0 aliphatic carbocycles. The number of amides is 1. The summed E-state index contributed by atoms with van der Waals surface area (Å²) in [6.07, 6.45) is -1.38. The Morgan fingerprint density at radius 2 is 2.24 bits per heavy atom. The molecule has 2 heterocycles. The van der Waals surface area contributed by atoms with E-state index in [9.17, 15) is 9.90 Å². The van der Waals surface area contributed by atoms with E-state index in [0.717, 1.165) is 0 Å². The van der Waals surface area contributed by atoms with Gasteiger partial charge in [0.2, 0.25) is 6.10 Å². The first-order valence-electron chi connectivity index (χ1n) is 6.46. The highest BCUT2D eigenvalue weighted by Crippen LogP contribution is 2.31. The number of aromatic nitrogens is 1. The van der Waals surface area contributed by atoms with E-state index in [0.29, 0.717) is 22.3 Å². The van der Waals surface area contributed by atoms with Crippen molar-refractivity contribution in [2.45, 2.75) is 19.1 Å². The predicted molar refractivity (Wildman–Crippen MR) is 77.7 cm³/mol. The highest BCUT2D eigenvalue weighted by atomic mass is 32.1. The molecule has 1 aliphatic heterocycles. The van der Waals surface area contributed by atoms with E-state index >= 15 is 0 Å². The Morgan fingerprint density at radius 3 is 2.95 bits per heavy atom. The topological polar surface area (TPSA) is 80.7 Å². The van der Waals surface area contributed by atoms with Crippen LogP contribution in [0.2, 0.25) is 0 Å². The van der Waals surface area contributed by atoms with Crippen molar-refractivity contribution in [2.75, 3.05) is 11.9 Å². The Kier molecular flexibility index (Phi) is 3.76. The highest BCUT2D eigenvalue weighted by molar-refractivity contribution is 7.13. The zero-order valence-corrected chi connectivity index (χ0v) is 12.1. The molecule has 1 aliphatic rings. The second-order valence-corrected chi connectivity index (χ2v) is 5.47. The van der Waals surface area contributed by atoms with Gasteiger partial charge in [-0.2, -0.15) is 0 Å². The predicted octanol–water partition coefficient (Wildman–Crippen LogP) is 1.97. The molecule has 1 aromatic carbocycles. The maximum atomic E-state index is 12.1. The largest absolute Gasteiger partial charge is 0.485 e. The number of nitrogens with zero attached hydrogens (tertiary/aromatic N) is 1. The molecule has 2 unspecified atom stereocenters. The van der Waals surface area contributed by atoms with Crippen molar-refractivity contribution in [3.05, 3.63) is 35.3 Å². The number of ether oxygens (including phenoxy) is 2. The highest BCUT2D eigenvalue weighted by Gasteiger charge is 2.27. The fraction of sp³-hybridized carbons (Fsp3) is 0.286. The molecule has 1 amide bonds. The normalized spacial score (nSPS) is 18.1. The molecule has 0 bridgehead atoms. The summed E-state index contributed by atoms with van der Waals surface area (Å²) in [6, 6.07) is 7.21. The number of carbonyl (C=O) groups excluding carboxylic acids is 1. The van der Waals surface area contributed by atoms with Crippen LogP contribution >= 0.6 is 11.3 Å². The van der Waals surface area contributed by atoms with E-state index in [2.05, 4.69) is 10.3 Å².